The Labute approximate surface area is 153 Å². The molecule has 0 aromatic heterocycles. The minimum atomic E-state index is -0.0803. The summed E-state index contributed by atoms with van der Waals surface area (Å²) < 4.78 is 0. The lowest BCUT2D eigenvalue weighted by atomic mass is 10.1. The van der Waals surface area contributed by atoms with E-state index in [0.29, 0.717) is 36.5 Å². The minimum absolute atomic E-state index is 0.0560. The Bertz CT molecular complexity index is 700. The molecule has 0 aliphatic heterocycles. The first-order valence-corrected chi connectivity index (χ1v) is 9.50. The van der Waals surface area contributed by atoms with Crippen molar-refractivity contribution in [3.8, 4) is 0 Å². The van der Waals surface area contributed by atoms with Gasteiger partial charge in [-0.05, 0) is 38.1 Å². The monoisotopic (exact) mass is 356 g/mol. The van der Waals surface area contributed by atoms with Crippen LogP contribution in [0.25, 0.3) is 0 Å². The number of carbonyl (C=O) groups is 2. The van der Waals surface area contributed by atoms with E-state index >= 15 is 0 Å². The Kier molecular flexibility index (Phi) is 7.54. The van der Waals surface area contributed by atoms with Crippen molar-refractivity contribution in [2.24, 2.45) is 0 Å². The van der Waals surface area contributed by atoms with Crippen molar-refractivity contribution in [2.75, 3.05) is 24.2 Å². The zero-order chi connectivity index (χ0) is 18.1. The van der Waals surface area contributed by atoms with Gasteiger partial charge in [-0.3, -0.25) is 9.59 Å². The highest BCUT2D eigenvalue weighted by atomic mass is 32.2. The summed E-state index contributed by atoms with van der Waals surface area (Å²) in [5.74, 6) is 0.560. The highest BCUT2D eigenvalue weighted by Gasteiger charge is 2.17. The second-order valence-corrected chi connectivity index (χ2v) is 6.65. The standard InChI is InChI=1S/C20H24N2O2S/c1-3-22(4-2)20(24)17-12-8-9-13-18(17)21-19(23)14-15-25-16-10-6-5-7-11-16/h5-13H,3-4,14-15H2,1-2H3,(H,21,23). The molecule has 2 rings (SSSR count). The third-order valence-electron chi connectivity index (χ3n) is 3.82. The van der Waals surface area contributed by atoms with E-state index in [1.165, 1.54) is 0 Å². The van der Waals surface area contributed by atoms with Gasteiger partial charge in [0.1, 0.15) is 0 Å². The molecule has 2 aromatic carbocycles. The molecule has 0 saturated heterocycles. The molecule has 5 heteroatoms. The number of nitrogens with zero attached hydrogens (tertiary/aromatic N) is 1. The second kappa shape index (κ2) is 9.89. The zero-order valence-corrected chi connectivity index (χ0v) is 15.5. The molecule has 0 atom stereocenters. The van der Waals surface area contributed by atoms with Crippen LogP contribution < -0.4 is 5.32 Å². The van der Waals surface area contributed by atoms with Crippen molar-refractivity contribution in [2.45, 2.75) is 25.2 Å². The molecule has 0 aliphatic carbocycles. The first-order valence-electron chi connectivity index (χ1n) is 8.51. The van der Waals surface area contributed by atoms with Crippen LogP contribution in [0.2, 0.25) is 0 Å². The number of nitrogens with one attached hydrogen (secondary N) is 1. The van der Waals surface area contributed by atoms with Crippen LogP contribution in [-0.2, 0) is 4.79 Å². The lowest BCUT2D eigenvalue weighted by molar-refractivity contribution is -0.115. The van der Waals surface area contributed by atoms with Crippen LogP contribution in [0.3, 0.4) is 0 Å². The Morgan fingerprint density at radius 1 is 0.960 bits per heavy atom. The second-order valence-electron chi connectivity index (χ2n) is 5.48. The summed E-state index contributed by atoms with van der Waals surface area (Å²) in [4.78, 5) is 27.7. The fraction of sp³-hybridized carbons (Fsp3) is 0.300. The first-order chi connectivity index (χ1) is 12.2. The van der Waals surface area contributed by atoms with Crippen LogP contribution in [0, 0.1) is 0 Å². The van der Waals surface area contributed by atoms with Gasteiger partial charge in [0.2, 0.25) is 5.91 Å². The number of rotatable bonds is 8. The van der Waals surface area contributed by atoms with Gasteiger partial charge >= 0.3 is 0 Å². The van der Waals surface area contributed by atoms with E-state index in [0.717, 1.165) is 4.90 Å². The predicted molar refractivity (Wildman–Crippen MR) is 104 cm³/mol. The molecule has 0 bridgehead atoms. The summed E-state index contributed by atoms with van der Waals surface area (Å²) in [6.45, 7) is 5.18. The largest absolute Gasteiger partial charge is 0.339 e. The van der Waals surface area contributed by atoms with Crippen LogP contribution in [0.5, 0.6) is 0 Å². The predicted octanol–water partition coefficient (Wildman–Crippen LogP) is 4.29. The highest BCUT2D eigenvalue weighted by molar-refractivity contribution is 7.99. The summed E-state index contributed by atoms with van der Waals surface area (Å²) >= 11 is 1.65. The van der Waals surface area contributed by atoms with E-state index in [9.17, 15) is 9.59 Å². The molecule has 2 aromatic rings. The Balaban J connectivity index is 1.95. The summed E-state index contributed by atoms with van der Waals surface area (Å²) in [6, 6.07) is 17.2. The average Bonchev–Trinajstić information content (AvgIpc) is 2.64. The van der Waals surface area contributed by atoms with Gasteiger partial charge in [0.25, 0.3) is 5.91 Å². The van der Waals surface area contributed by atoms with Crippen molar-refractivity contribution >= 4 is 29.3 Å². The normalized spacial score (nSPS) is 10.3. The van der Waals surface area contributed by atoms with E-state index in [-0.39, 0.29) is 11.8 Å². The third-order valence-corrected chi connectivity index (χ3v) is 4.84. The summed E-state index contributed by atoms with van der Waals surface area (Å²) in [7, 11) is 0. The first kappa shape index (κ1) is 19.1. The molecule has 132 valence electrons. The van der Waals surface area contributed by atoms with Crippen molar-refractivity contribution in [3.05, 3.63) is 60.2 Å². The molecular weight excluding hydrogens is 332 g/mol. The van der Waals surface area contributed by atoms with Gasteiger partial charge in [-0.25, -0.2) is 0 Å². The topological polar surface area (TPSA) is 49.4 Å². The van der Waals surface area contributed by atoms with Crippen molar-refractivity contribution in [1.29, 1.82) is 0 Å². The van der Waals surface area contributed by atoms with Gasteiger partial charge in [-0.15, -0.1) is 11.8 Å². The highest BCUT2D eigenvalue weighted by Crippen LogP contribution is 2.20. The molecule has 25 heavy (non-hydrogen) atoms. The van der Waals surface area contributed by atoms with E-state index in [4.69, 9.17) is 0 Å². The van der Waals surface area contributed by atoms with E-state index in [1.807, 2.05) is 56.3 Å². The van der Waals surface area contributed by atoms with Crippen LogP contribution in [0.4, 0.5) is 5.69 Å². The summed E-state index contributed by atoms with van der Waals surface area (Å²) in [6.07, 6.45) is 0.396. The molecule has 4 nitrogen and oxygen atoms in total. The Morgan fingerprint density at radius 3 is 2.28 bits per heavy atom. The average molecular weight is 356 g/mol. The van der Waals surface area contributed by atoms with Crippen molar-refractivity contribution in [3.63, 3.8) is 0 Å². The van der Waals surface area contributed by atoms with Gasteiger partial charge in [0.05, 0.1) is 11.3 Å². The lowest BCUT2D eigenvalue weighted by Crippen LogP contribution is -2.31. The molecule has 0 heterocycles. The minimum Gasteiger partial charge on any atom is -0.339 e. The molecule has 0 spiro atoms. The van der Waals surface area contributed by atoms with Gasteiger partial charge in [-0.1, -0.05) is 30.3 Å². The number of hydrogen-bond donors (Lipinski definition) is 1. The molecular formula is C20H24N2O2S. The fourth-order valence-corrected chi connectivity index (χ4v) is 3.32. The molecule has 0 aliphatic rings. The SMILES string of the molecule is CCN(CC)C(=O)c1ccccc1NC(=O)CCSc1ccccc1. The lowest BCUT2D eigenvalue weighted by Gasteiger charge is -2.20. The maximum atomic E-state index is 12.6. The number of carbonyl (C=O) groups excluding carboxylic acids is 2. The smallest absolute Gasteiger partial charge is 0.255 e. The molecule has 0 unspecified atom stereocenters. The Morgan fingerprint density at radius 2 is 1.60 bits per heavy atom. The number of thioether (sulfide) groups is 1. The van der Waals surface area contributed by atoms with Crippen LogP contribution in [-0.4, -0.2) is 35.6 Å². The number of amides is 2. The van der Waals surface area contributed by atoms with Gasteiger partial charge in [0, 0.05) is 30.2 Å². The van der Waals surface area contributed by atoms with Crippen molar-refractivity contribution < 1.29 is 9.59 Å². The molecule has 2 amide bonds. The molecule has 1 N–H and O–H groups in total. The third kappa shape index (κ3) is 5.64. The maximum absolute atomic E-state index is 12.6. The van der Waals surface area contributed by atoms with Gasteiger partial charge in [0.15, 0.2) is 0 Å². The molecule has 0 saturated carbocycles. The number of benzene rings is 2. The molecule has 0 fully saturated rings. The summed E-state index contributed by atoms with van der Waals surface area (Å²) in [5.41, 5.74) is 1.12. The van der Waals surface area contributed by atoms with Gasteiger partial charge < -0.3 is 10.2 Å². The van der Waals surface area contributed by atoms with Crippen molar-refractivity contribution in [1.82, 2.24) is 4.90 Å². The summed E-state index contributed by atoms with van der Waals surface area (Å²) in [5, 5.41) is 2.88. The van der Waals surface area contributed by atoms with Crippen LogP contribution in [0.15, 0.2) is 59.5 Å². The van der Waals surface area contributed by atoms with E-state index < -0.39 is 0 Å². The Hall–Kier alpha value is -2.27. The number of anilines is 1. The molecule has 0 radical (unpaired) electrons. The van der Waals surface area contributed by atoms with Crippen LogP contribution in [0.1, 0.15) is 30.6 Å². The number of hydrogen-bond acceptors (Lipinski definition) is 3. The zero-order valence-electron chi connectivity index (χ0n) is 14.7. The number of para-hydroxylation sites is 1. The van der Waals surface area contributed by atoms with E-state index in [2.05, 4.69) is 5.32 Å². The fourth-order valence-electron chi connectivity index (χ4n) is 2.45. The van der Waals surface area contributed by atoms with E-state index in [1.54, 1.807) is 28.8 Å². The quantitative estimate of drug-likeness (QED) is 0.718. The van der Waals surface area contributed by atoms with Gasteiger partial charge in [-0.2, -0.15) is 0 Å². The van der Waals surface area contributed by atoms with Crippen LogP contribution >= 0.6 is 11.8 Å². The maximum Gasteiger partial charge on any atom is 0.255 e.